The Hall–Kier alpha value is -1.98. The number of aromatic amines is 1. The second-order valence-electron chi connectivity index (χ2n) is 2.20. The third-order valence-corrected chi connectivity index (χ3v) is 1.32. The zero-order valence-corrected chi connectivity index (χ0v) is 6.10. The second-order valence-corrected chi connectivity index (χ2v) is 2.20. The Labute approximate surface area is 67.9 Å². The lowest BCUT2D eigenvalue weighted by Crippen LogP contribution is -1.92. The van der Waals surface area contributed by atoms with Crippen molar-refractivity contribution in [1.82, 2.24) is 25.4 Å². The number of hydrogen-bond donors (Lipinski definition) is 2. The Morgan fingerprint density at radius 3 is 2.50 bits per heavy atom. The zero-order valence-electron chi connectivity index (χ0n) is 6.10. The first-order valence-corrected chi connectivity index (χ1v) is 3.30. The Morgan fingerprint density at radius 2 is 1.92 bits per heavy atom. The van der Waals surface area contributed by atoms with E-state index in [1.807, 2.05) is 0 Å². The van der Waals surface area contributed by atoms with E-state index >= 15 is 0 Å². The number of nitrogens with zero attached hydrogens (tertiary/aromatic N) is 4. The molecule has 0 atom stereocenters. The normalized spacial score (nSPS) is 10.0. The average Bonchev–Trinajstić information content (AvgIpc) is 2.58. The SMILES string of the molecule is Nc1cnc(-c2cn[nH]n2)nc1. The first-order chi connectivity index (χ1) is 5.86. The molecule has 2 rings (SSSR count). The molecular formula is C6H6N6. The predicted molar refractivity (Wildman–Crippen MR) is 41.8 cm³/mol. The number of hydrogen-bond acceptors (Lipinski definition) is 5. The van der Waals surface area contributed by atoms with Crippen LogP contribution in [0.1, 0.15) is 0 Å². The highest BCUT2D eigenvalue weighted by atomic mass is 15.3. The fourth-order valence-corrected chi connectivity index (χ4v) is 0.780. The van der Waals surface area contributed by atoms with E-state index in [-0.39, 0.29) is 0 Å². The quantitative estimate of drug-likeness (QED) is 0.607. The summed E-state index contributed by atoms with van der Waals surface area (Å²) in [5.41, 5.74) is 6.55. The number of nitrogens with two attached hydrogens (primary N) is 1. The molecule has 0 bridgehead atoms. The maximum atomic E-state index is 5.41. The molecule has 6 nitrogen and oxygen atoms in total. The monoisotopic (exact) mass is 162 g/mol. The van der Waals surface area contributed by atoms with E-state index in [9.17, 15) is 0 Å². The van der Waals surface area contributed by atoms with Gasteiger partial charge in [-0.25, -0.2) is 9.97 Å². The van der Waals surface area contributed by atoms with Crippen LogP contribution in [0, 0.1) is 0 Å². The van der Waals surface area contributed by atoms with Crippen molar-refractivity contribution in [3.8, 4) is 11.5 Å². The molecule has 0 saturated heterocycles. The van der Waals surface area contributed by atoms with Gasteiger partial charge in [-0.1, -0.05) is 0 Å². The molecule has 0 radical (unpaired) electrons. The van der Waals surface area contributed by atoms with Crippen LogP contribution in [0.2, 0.25) is 0 Å². The van der Waals surface area contributed by atoms with Gasteiger partial charge in [-0.15, -0.1) is 0 Å². The van der Waals surface area contributed by atoms with E-state index < -0.39 is 0 Å². The highest BCUT2D eigenvalue weighted by Crippen LogP contribution is 2.08. The van der Waals surface area contributed by atoms with Gasteiger partial charge in [-0.3, -0.25) is 0 Å². The first kappa shape index (κ1) is 6.71. The molecule has 0 aliphatic heterocycles. The number of nitrogens with one attached hydrogen (secondary N) is 1. The Bertz CT molecular complexity index is 350. The van der Waals surface area contributed by atoms with Gasteiger partial charge >= 0.3 is 0 Å². The molecule has 0 aromatic carbocycles. The van der Waals surface area contributed by atoms with Crippen LogP contribution < -0.4 is 5.73 Å². The van der Waals surface area contributed by atoms with E-state index in [1.54, 1.807) is 6.20 Å². The molecule has 0 aliphatic carbocycles. The third-order valence-electron chi connectivity index (χ3n) is 1.32. The molecule has 60 valence electrons. The summed E-state index contributed by atoms with van der Waals surface area (Å²) in [6.07, 6.45) is 4.60. The lowest BCUT2D eigenvalue weighted by Gasteiger charge is -1.93. The molecule has 0 spiro atoms. The van der Waals surface area contributed by atoms with Crippen molar-refractivity contribution < 1.29 is 0 Å². The summed E-state index contributed by atoms with van der Waals surface area (Å²) in [5, 5.41) is 9.92. The van der Waals surface area contributed by atoms with Crippen LogP contribution in [-0.2, 0) is 0 Å². The van der Waals surface area contributed by atoms with Gasteiger partial charge in [0.15, 0.2) is 5.82 Å². The van der Waals surface area contributed by atoms with Gasteiger partial charge in [-0.2, -0.15) is 15.4 Å². The molecule has 0 amide bonds. The molecule has 2 aromatic rings. The Balaban J connectivity index is 2.43. The Morgan fingerprint density at radius 1 is 1.17 bits per heavy atom. The van der Waals surface area contributed by atoms with Crippen LogP contribution in [0.4, 0.5) is 5.69 Å². The lowest BCUT2D eigenvalue weighted by molar-refractivity contribution is 0.938. The number of H-pyrrole nitrogens is 1. The van der Waals surface area contributed by atoms with Crippen LogP contribution in [0.25, 0.3) is 11.5 Å². The van der Waals surface area contributed by atoms with Crippen molar-refractivity contribution in [2.75, 3.05) is 5.73 Å². The van der Waals surface area contributed by atoms with Crippen molar-refractivity contribution in [1.29, 1.82) is 0 Å². The van der Waals surface area contributed by atoms with E-state index in [1.165, 1.54) is 12.4 Å². The average molecular weight is 162 g/mol. The fraction of sp³-hybridized carbons (Fsp3) is 0. The summed E-state index contributed by atoms with van der Waals surface area (Å²) < 4.78 is 0. The zero-order chi connectivity index (χ0) is 8.39. The molecule has 2 heterocycles. The molecule has 3 N–H and O–H groups in total. The molecule has 0 fully saturated rings. The van der Waals surface area contributed by atoms with Crippen LogP contribution in [0.3, 0.4) is 0 Å². The highest BCUT2D eigenvalue weighted by molar-refractivity contribution is 5.47. The number of anilines is 1. The molecule has 0 aliphatic rings. The van der Waals surface area contributed by atoms with Crippen LogP contribution in [0.15, 0.2) is 18.6 Å². The first-order valence-electron chi connectivity index (χ1n) is 3.30. The fourth-order valence-electron chi connectivity index (χ4n) is 0.780. The van der Waals surface area contributed by atoms with Crippen molar-refractivity contribution in [2.24, 2.45) is 0 Å². The smallest absolute Gasteiger partial charge is 0.181 e. The summed E-state index contributed by atoms with van der Waals surface area (Å²) in [6, 6.07) is 0. The molecule has 0 saturated carbocycles. The minimum atomic E-state index is 0.512. The number of aromatic nitrogens is 5. The highest BCUT2D eigenvalue weighted by Gasteiger charge is 2.01. The van der Waals surface area contributed by atoms with E-state index in [2.05, 4.69) is 25.4 Å². The molecule has 12 heavy (non-hydrogen) atoms. The van der Waals surface area contributed by atoms with Gasteiger partial charge in [0, 0.05) is 0 Å². The molecule has 6 heteroatoms. The molecule has 2 aromatic heterocycles. The van der Waals surface area contributed by atoms with Crippen molar-refractivity contribution in [2.45, 2.75) is 0 Å². The number of rotatable bonds is 1. The maximum absolute atomic E-state index is 5.41. The van der Waals surface area contributed by atoms with Crippen LogP contribution in [0.5, 0.6) is 0 Å². The van der Waals surface area contributed by atoms with Gasteiger partial charge in [-0.05, 0) is 0 Å². The van der Waals surface area contributed by atoms with E-state index in [4.69, 9.17) is 5.73 Å². The van der Waals surface area contributed by atoms with Crippen molar-refractivity contribution >= 4 is 5.69 Å². The summed E-state index contributed by atoms with van der Waals surface area (Å²) in [6.45, 7) is 0. The molecular weight excluding hydrogens is 156 g/mol. The van der Waals surface area contributed by atoms with Crippen LogP contribution in [-0.4, -0.2) is 25.4 Å². The topological polar surface area (TPSA) is 93.4 Å². The van der Waals surface area contributed by atoms with Gasteiger partial charge in [0.25, 0.3) is 0 Å². The maximum Gasteiger partial charge on any atom is 0.181 e. The van der Waals surface area contributed by atoms with Gasteiger partial charge in [0.2, 0.25) is 0 Å². The standard InChI is InChI=1S/C6H6N6/c7-4-1-8-6(9-2-4)5-3-10-12-11-5/h1-3H,7H2,(H,10,11,12). The molecule has 0 unspecified atom stereocenters. The van der Waals surface area contributed by atoms with Gasteiger partial charge in [0.05, 0.1) is 24.3 Å². The van der Waals surface area contributed by atoms with Gasteiger partial charge in [0.1, 0.15) is 5.69 Å². The second kappa shape index (κ2) is 2.57. The minimum Gasteiger partial charge on any atom is -0.396 e. The van der Waals surface area contributed by atoms with Crippen molar-refractivity contribution in [3.05, 3.63) is 18.6 Å². The Kier molecular flexibility index (Phi) is 1.44. The number of nitrogen functional groups attached to an aromatic ring is 1. The van der Waals surface area contributed by atoms with E-state index in [0.29, 0.717) is 17.2 Å². The van der Waals surface area contributed by atoms with Gasteiger partial charge < -0.3 is 5.73 Å². The summed E-state index contributed by atoms with van der Waals surface area (Å²) in [4.78, 5) is 7.92. The third kappa shape index (κ3) is 1.09. The summed E-state index contributed by atoms with van der Waals surface area (Å²) in [7, 11) is 0. The lowest BCUT2D eigenvalue weighted by atomic mass is 10.4. The minimum absolute atomic E-state index is 0.512. The summed E-state index contributed by atoms with van der Waals surface area (Å²) in [5.74, 6) is 0.512. The van der Waals surface area contributed by atoms with Crippen LogP contribution >= 0.6 is 0 Å². The predicted octanol–water partition coefficient (Wildman–Crippen LogP) is -0.156. The summed E-state index contributed by atoms with van der Waals surface area (Å²) >= 11 is 0. The largest absolute Gasteiger partial charge is 0.396 e. The van der Waals surface area contributed by atoms with E-state index in [0.717, 1.165) is 0 Å². The van der Waals surface area contributed by atoms with Crippen molar-refractivity contribution in [3.63, 3.8) is 0 Å².